The van der Waals surface area contributed by atoms with Crippen molar-refractivity contribution in [1.82, 2.24) is 4.57 Å². The summed E-state index contributed by atoms with van der Waals surface area (Å²) < 4.78 is 3.99. The lowest BCUT2D eigenvalue weighted by atomic mass is 10.1. The highest BCUT2D eigenvalue weighted by molar-refractivity contribution is 5.99. The van der Waals surface area contributed by atoms with Crippen LogP contribution in [0.3, 0.4) is 0 Å². The van der Waals surface area contributed by atoms with E-state index in [4.69, 9.17) is 14.9 Å². The first-order valence-electron chi connectivity index (χ1n) is 10.2. The maximum atomic E-state index is 10.6. The molecule has 0 atom stereocenters. The first kappa shape index (κ1) is 21.1. The van der Waals surface area contributed by atoms with Gasteiger partial charge in [0.05, 0.1) is 17.5 Å². The first-order chi connectivity index (χ1) is 15.5. The van der Waals surface area contributed by atoms with Gasteiger partial charge >= 0.3 is 0 Å². The van der Waals surface area contributed by atoms with Gasteiger partial charge in [0.15, 0.2) is 11.9 Å². The Balaban J connectivity index is 0.000000567. The molecule has 1 N–H and O–H groups in total. The predicted molar refractivity (Wildman–Crippen MR) is 123 cm³/mol. The lowest BCUT2D eigenvalue weighted by Crippen LogP contribution is -2.33. The van der Waals surface area contributed by atoms with Gasteiger partial charge in [-0.15, -0.1) is 0 Å². The molecule has 3 heterocycles. The molecule has 4 aromatic rings. The molecule has 6 heteroatoms. The van der Waals surface area contributed by atoms with Crippen molar-refractivity contribution in [2.75, 3.05) is 0 Å². The minimum Gasteiger partial charge on any atom is -0.550 e. The Morgan fingerprint density at radius 2 is 1.72 bits per heavy atom. The Morgan fingerprint density at radius 1 is 1.06 bits per heavy atom. The number of fused-ring (bicyclic) bond motifs is 2. The SMILES string of the molecule is CC(=O)[O-].Cn1c(O)c(N=CC2=C(c3ccccc3)[n+]3ccccc3C2)c2ccccc21. The fourth-order valence-electron chi connectivity index (χ4n) is 3.93. The topological polar surface area (TPSA) is 81.5 Å². The molecule has 0 spiro atoms. The number of carboxylic acids is 1. The number of pyridine rings is 1. The third-order valence-corrected chi connectivity index (χ3v) is 5.31. The normalized spacial score (nSPS) is 12.7. The number of nitrogens with zero attached hydrogens (tertiary/aromatic N) is 3. The third kappa shape index (κ3) is 4.03. The maximum Gasteiger partial charge on any atom is 0.223 e. The number of aliphatic carboxylic acids is 1. The van der Waals surface area contributed by atoms with Crippen molar-refractivity contribution in [3.05, 3.63) is 95.8 Å². The highest BCUT2D eigenvalue weighted by atomic mass is 16.4. The van der Waals surface area contributed by atoms with Crippen LogP contribution in [0.1, 0.15) is 18.2 Å². The fourth-order valence-corrected chi connectivity index (χ4v) is 3.93. The monoisotopic (exact) mass is 425 g/mol. The van der Waals surface area contributed by atoms with Gasteiger partial charge in [-0.1, -0.05) is 42.5 Å². The zero-order valence-corrected chi connectivity index (χ0v) is 17.9. The molecule has 0 saturated carbocycles. The van der Waals surface area contributed by atoms with Crippen molar-refractivity contribution < 1.29 is 19.6 Å². The molecule has 1 aliphatic rings. The van der Waals surface area contributed by atoms with Gasteiger partial charge in [-0.05, 0) is 25.1 Å². The number of hydrogen-bond donors (Lipinski definition) is 1. The predicted octanol–water partition coefficient (Wildman–Crippen LogP) is 3.15. The summed E-state index contributed by atoms with van der Waals surface area (Å²) in [6, 6.07) is 24.5. The molecular weight excluding hydrogens is 402 g/mol. The van der Waals surface area contributed by atoms with E-state index in [-0.39, 0.29) is 5.88 Å². The molecule has 2 aromatic carbocycles. The molecule has 0 radical (unpaired) electrons. The van der Waals surface area contributed by atoms with E-state index in [1.807, 2.05) is 49.7 Å². The first-order valence-corrected chi connectivity index (χ1v) is 10.2. The van der Waals surface area contributed by atoms with E-state index in [0.717, 1.165) is 41.1 Å². The van der Waals surface area contributed by atoms with Gasteiger partial charge in [-0.25, -0.2) is 4.99 Å². The number of benzene rings is 2. The van der Waals surface area contributed by atoms with Gasteiger partial charge in [0, 0.05) is 42.3 Å². The molecule has 0 bridgehead atoms. The molecule has 2 aromatic heterocycles. The molecule has 0 fully saturated rings. The van der Waals surface area contributed by atoms with Crippen LogP contribution < -0.4 is 9.67 Å². The van der Waals surface area contributed by atoms with Crippen LogP contribution in [0.5, 0.6) is 5.88 Å². The number of aryl methyl sites for hydroxylation is 1. The van der Waals surface area contributed by atoms with Crippen molar-refractivity contribution in [2.45, 2.75) is 13.3 Å². The lowest BCUT2D eigenvalue weighted by molar-refractivity contribution is -0.582. The van der Waals surface area contributed by atoms with Crippen LogP contribution >= 0.6 is 0 Å². The van der Waals surface area contributed by atoms with Crippen molar-refractivity contribution in [1.29, 1.82) is 0 Å². The van der Waals surface area contributed by atoms with Gasteiger partial charge in [-0.2, -0.15) is 4.57 Å². The van der Waals surface area contributed by atoms with Crippen molar-refractivity contribution in [3.63, 3.8) is 0 Å². The average Bonchev–Trinajstić information content (AvgIpc) is 3.28. The summed E-state index contributed by atoms with van der Waals surface area (Å²) >= 11 is 0. The summed E-state index contributed by atoms with van der Waals surface area (Å²) in [5.41, 5.74) is 6.22. The van der Waals surface area contributed by atoms with Crippen LogP contribution in [0, 0.1) is 0 Å². The Labute approximate surface area is 186 Å². The second kappa shape index (κ2) is 8.89. The van der Waals surface area contributed by atoms with Gasteiger partial charge in [0.1, 0.15) is 5.69 Å². The molecule has 160 valence electrons. The quantitative estimate of drug-likeness (QED) is 0.404. The summed E-state index contributed by atoms with van der Waals surface area (Å²) in [5.74, 6) is -0.900. The summed E-state index contributed by atoms with van der Waals surface area (Å²) in [7, 11) is 1.85. The molecule has 0 aliphatic carbocycles. The second-order valence-electron chi connectivity index (χ2n) is 7.48. The van der Waals surface area contributed by atoms with E-state index in [9.17, 15) is 5.11 Å². The molecule has 1 aliphatic heterocycles. The summed E-state index contributed by atoms with van der Waals surface area (Å²) in [4.78, 5) is 13.6. The number of carbonyl (C=O) groups excluding carboxylic acids is 1. The number of aliphatic imine (C=N–C) groups is 1. The van der Waals surface area contributed by atoms with E-state index in [0.29, 0.717) is 5.69 Å². The molecule has 0 amide bonds. The van der Waals surface area contributed by atoms with E-state index in [2.05, 4.69) is 47.2 Å². The van der Waals surface area contributed by atoms with Crippen molar-refractivity contribution in [2.24, 2.45) is 12.0 Å². The largest absolute Gasteiger partial charge is 0.550 e. The van der Waals surface area contributed by atoms with Gasteiger partial charge < -0.3 is 19.6 Å². The molecule has 0 saturated heterocycles. The molecular formula is C26H23N3O3. The van der Waals surface area contributed by atoms with Gasteiger partial charge in [0.25, 0.3) is 0 Å². The van der Waals surface area contributed by atoms with Gasteiger partial charge in [-0.3, -0.25) is 0 Å². The highest BCUT2D eigenvalue weighted by Gasteiger charge is 2.30. The number of aromatic hydroxyl groups is 1. The third-order valence-electron chi connectivity index (χ3n) is 5.31. The zero-order chi connectivity index (χ0) is 22.7. The van der Waals surface area contributed by atoms with Crippen LogP contribution in [0.4, 0.5) is 5.69 Å². The number of allylic oxidation sites excluding steroid dienone is 1. The molecule has 6 nitrogen and oxygen atoms in total. The van der Waals surface area contributed by atoms with Crippen LogP contribution in [0.25, 0.3) is 16.6 Å². The van der Waals surface area contributed by atoms with Crippen LogP contribution in [-0.4, -0.2) is 21.9 Å². The Kier molecular flexibility index (Phi) is 5.85. The smallest absolute Gasteiger partial charge is 0.223 e. The fraction of sp³-hybridized carbons (Fsp3) is 0.115. The number of para-hydroxylation sites is 1. The van der Waals surface area contributed by atoms with E-state index in [1.54, 1.807) is 4.57 Å². The number of aromatic nitrogens is 2. The minimum atomic E-state index is -1.08. The molecule has 5 rings (SSSR count). The van der Waals surface area contributed by atoms with E-state index >= 15 is 0 Å². The summed E-state index contributed by atoms with van der Waals surface area (Å²) in [6.45, 7) is 0.972. The van der Waals surface area contributed by atoms with E-state index < -0.39 is 5.97 Å². The van der Waals surface area contributed by atoms with Crippen LogP contribution in [-0.2, 0) is 18.3 Å². The summed E-state index contributed by atoms with van der Waals surface area (Å²) in [6.07, 6.45) is 4.80. The Morgan fingerprint density at radius 3 is 2.47 bits per heavy atom. The lowest BCUT2D eigenvalue weighted by Gasteiger charge is -2.00. The molecule has 32 heavy (non-hydrogen) atoms. The van der Waals surface area contributed by atoms with Crippen molar-refractivity contribution in [3.8, 4) is 5.88 Å². The Hall–Kier alpha value is -4.19. The average molecular weight is 425 g/mol. The number of carbonyl (C=O) groups is 1. The van der Waals surface area contributed by atoms with E-state index in [1.165, 1.54) is 5.69 Å². The number of rotatable bonds is 3. The van der Waals surface area contributed by atoms with Crippen LogP contribution in [0.2, 0.25) is 0 Å². The molecule has 0 unspecified atom stereocenters. The Bertz CT molecular complexity index is 1350. The minimum absolute atomic E-state index is 0.183. The highest BCUT2D eigenvalue weighted by Crippen LogP contribution is 2.37. The van der Waals surface area contributed by atoms with Gasteiger partial charge in [0.2, 0.25) is 11.6 Å². The van der Waals surface area contributed by atoms with Crippen LogP contribution in [0.15, 0.2) is 89.6 Å². The standard InChI is InChI=1S/C24H19N3O.C2H4O2/c1-26-21-13-6-5-12-20(21)22(24(26)28)25-16-18-15-19-11-7-8-14-27(19)23(18)17-9-3-2-4-10-17;1-2(3)4/h2-14,16H,15H2,1H3;1H3,(H,3,4). The zero-order valence-electron chi connectivity index (χ0n) is 17.9. The number of hydrogen-bond acceptors (Lipinski definition) is 4. The second-order valence-corrected chi connectivity index (χ2v) is 7.48. The van der Waals surface area contributed by atoms with Crippen molar-refractivity contribution >= 4 is 34.5 Å². The summed E-state index contributed by atoms with van der Waals surface area (Å²) in [5, 5.41) is 20.4. The number of carboxylic acid groups (broad SMARTS) is 1. The maximum absolute atomic E-state index is 10.6.